The molecule has 5 rings (SSSR count). The molecular weight excluding hydrogens is 752 g/mol. The van der Waals surface area contributed by atoms with Gasteiger partial charge in [0.25, 0.3) is 0 Å². The van der Waals surface area contributed by atoms with Crippen molar-refractivity contribution in [2.24, 2.45) is 29.6 Å². The molecule has 1 aromatic rings. The van der Waals surface area contributed by atoms with Crippen LogP contribution in [0.3, 0.4) is 0 Å². The van der Waals surface area contributed by atoms with Crippen molar-refractivity contribution in [2.75, 3.05) is 28.3 Å². The Morgan fingerprint density at radius 3 is 2.10 bits per heavy atom. The van der Waals surface area contributed by atoms with E-state index in [9.17, 15) is 24.9 Å². The number of rotatable bonds is 10. The highest BCUT2D eigenvalue weighted by Crippen LogP contribution is 2.51. The largest absolute Gasteiger partial charge is 0.458 e. The van der Waals surface area contributed by atoms with Crippen LogP contribution in [0.4, 0.5) is 0 Å². The molecule has 0 aromatic carbocycles. The minimum atomic E-state index is -1.81. The zero-order valence-electron chi connectivity index (χ0n) is 36.7. The number of carbonyl (C=O) groups excluding carboxylic acids is 2. The van der Waals surface area contributed by atoms with Gasteiger partial charge >= 0.3 is 5.97 Å². The molecule has 19 atom stereocenters. The van der Waals surface area contributed by atoms with E-state index in [4.69, 9.17) is 37.9 Å². The van der Waals surface area contributed by atoms with E-state index in [1.165, 1.54) is 7.11 Å². The minimum Gasteiger partial charge on any atom is -0.458 e. The van der Waals surface area contributed by atoms with Gasteiger partial charge in [-0.05, 0) is 79.3 Å². The predicted octanol–water partition coefficient (Wildman–Crippen LogP) is 3.28. The van der Waals surface area contributed by atoms with E-state index in [1.54, 1.807) is 61.0 Å². The Morgan fingerprint density at radius 2 is 1.50 bits per heavy atom. The summed E-state index contributed by atoms with van der Waals surface area (Å²) >= 11 is 0. The maximum Gasteiger partial charge on any atom is 0.311 e. The second-order valence-electron chi connectivity index (χ2n) is 18.2. The standard InChI is InChI=1S/C43H70N2O13/c1-22-19-42(9,52-13)37(58-40-34(30(45(10)11)18-23(2)54-40)53-21-29-14-16-44-17-15-29)25(4)33(56-31-20-41(8,51-12)36(48)28(7)55-31)26(5)39(49)57-38-27(6)43(38,50)35(47)24(3)32(22)46/h14-17,22-28,30-31,33-38,40,47-48,50H,18-21H2,1-13H3/t22-,23-,24+,25+,26-,27?,28+,30+,31+,33+,34-,35-,36+,37-,38-,40+,41-,42+,43+/m1/s1. The third kappa shape index (κ3) is 9.35. The third-order valence-corrected chi connectivity index (χ3v) is 13.8. The lowest BCUT2D eigenvalue weighted by Gasteiger charge is -2.50. The smallest absolute Gasteiger partial charge is 0.311 e. The fourth-order valence-electron chi connectivity index (χ4n) is 9.66. The number of methoxy groups -OCH3 is 2. The minimum absolute atomic E-state index is 0.114. The fourth-order valence-corrected chi connectivity index (χ4v) is 9.66. The van der Waals surface area contributed by atoms with Crippen molar-refractivity contribution in [3.8, 4) is 0 Å². The lowest BCUT2D eigenvalue weighted by molar-refractivity contribution is -0.323. The van der Waals surface area contributed by atoms with Crippen molar-refractivity contribution in [3.63, 3.8) is 0 Å². The topological polar surface area (TPSA) is 185 Å². The van der Waals surface area contributed by atoms with Gasteiger partial charge in [-0.3, -0.25) is 14.6 Å². The van der Waals surface area contributed by atoms with Crippen LogP contribution in [-0.4, -0.2) is 150 Å². The van der Waals surface area contributed by atoms with Gasteiger partial charge in [-0.1, -0.05) is 27.7 Å². The lowest BCUT2D eigenvalue weighted by Crippen LogP contribution is -2.61. The lowest BCUT2D eigenvalue weighted by atomic mass is 9.75. The first-order valence-corrected chi connectivity index (χ1v) is 20.8. The molecule has 0 spiro atoms. The Balaban J connectivity index is 1.61. The summed E-state index contributed by atoms with van der Waals surface area (Å²) in [5, 5.41) is 34.1. The highest BCUT2D eigenvalue weighted by Gasteiger charge is 2.70. The molecule has 3 saturated heterocycles. The Kier molecular flexibility index (Phi) is 14.9. The summed E-state index contributed by atoms with van der Waals surface area (Å²) in [6.45, 7) is 16.3. The molecule has 1 aliphatic carbocycles. The van der Waals surface area contributed by atoms with Crippen molar-refractivity contribution in [3.05, 3.63) is 30.1 Å². The van der Waals surface area contributed by atoms with Gasteiger partial charge in [0.15, 0.2) is 12.6 Å². The van der Waals surface area contributed by atoms with E-state index in [0.29, 0.717) is 6.42 Å². The maximum absolute atomic E-state index is 14.3. The van der Waals surface area contributed by atoms with Crippen LogP contribution in [0, 0.1) is 29.6 Å². The highest BCUT2D eigenvalue weighted by atomic mass is 16.7. The number of esters is 1. The first kappa shape index (κ1) is 46.9. The SMILES string of the molecule is CO[C@]1(C)C[C@H](O[C@H]2[C@H](C)[C@@H](O[C@@H]3O[C@H](C)C[C@H](N(C)C)[C@H]3OCc3ccncc3)[C@@](C)(OC)C[C@@H](C)C(=O)[C@H](C)[C@@H](O)[C@@]3(O)C(C)[C@H]3OC(=O)[C@@H]2C)O[C@@H](C)[C@@H]1O. The molecular formula is C43H70N2O13. The van der Waals surface area contributed by atoms with E-state index < -0.39 is 108 Å². The van der Waals surface area contributed by atoms with E-state index in [1.807, 2.05) is 47.0 Å². The zero-order valence-corrected chi connectivity index (χ0v) is 36.7. The van der Waals surface area contributed by atoms with E-state index >= 15 is 0 Å². The van der Waals surface area contributed by atoms with Crippen molar-refractivity contribution < 1.29 is 62.8 Å². The molecule has 0 bridgehead atoms. The molecule has 1 aromatic heterocycles. The molecule has 1 saturated carbocycles. The molecule has 15 nitrogen and oxygen atoms in total. The molecule has 3 N–H and O–H groups in total. The summed E-state index contributed by atoms with van der Waals surface area (Å²) < 4.78 is 51.7. The number of hydrogen-bond donors (Lipinski definition) is 3. The number of fused-ring (bicyclic) bond motifs is 1. The highest BCUT2D eigenvalue weighted by molar-refractivity contribution is 5.84. The zero-order chi connectivity index (χ0) is 43.1. The monoisotopic (exact) mass is 822 g/mol. The summed E-state index contributed by atoms with van der Waals surface area (Å²) in [5.74, 6) is -4.90. The van der Waals surface area contributed by atoms with Crippen LogP contribution in [0.25, 0.3) is 0 Å². The van der Waals surface area contributed by atoms with Gasteiger partial charge in [-0.2, -0.15) is 0 Å². The number of nitrogens with zero attached hydrogens (tertiary/aromatic N) is 2. The van der Waals surface area contributed by atoms with Gasteiger partial charge < -0.3 is 58.1 Å². The Hall–Kier alpha value is -2.15. The number of aliphatic hydroxyl groups is 3. The third-order valence-electron chi connectivity index (χ3n) is 13.8. The summed E-state index contributed by atoms with van der Waals surface area (Å²) in [6, 6.07) is 3.66. The fraction of sp³-hybridized carbons (Fsp3) is 0.837. The van der Waals surface area contributed by atoms with Crippen molar-refractivity contribution in [1.29, 1.82) is 0 Å². The number of ketones is 1. The van der Waals surface area contributed by atoms with Gasteiger partial charge in [0, 0.05) is 62.7 Å². The number of hydrogen-bond acceptors (Lipinski definition) is 15. The van der Waals surface area contributed by atoms with E-state index in [0.717, 1.165) is 5.56 Å². The molecule has 330 valence electrons. The Morgan fingerprint density at radius 1 is 0.862 bits per heavy atom. The van der Waals surface area contributed by atoms with Crippen LogP contribution in [0.1, 0.15) is 87.1 Å². The number of pyridine rings is 1. The Labute approximate surface area is 344 Å². The predicted molar refractivity (Wildman–Crippen MR) is 211 cm³/mol. The Bertz CT molecular complexity index is 1540. The van der Waals surface area contributed by atoms with Crippen LogP contribution >= 0.6 is 0 Å². The number of aliphatic hydroxyl groups excluding tert-OH is 2. The number of carbonyl (C=O) groups is 2. The summed E-state index contributed by atoms with van der Waals surface area (Å²) in [4.78, 5) is 34.7. The molecule has 0 radical (unpaired) electrons. The van der Waals surface area contributed by atoms with Gasteiger partial charge in [-0.25, -0.2) is 0 Å². The number of likely N-dealkylation sites (N-methyl/N-ethyl adjacent to an activating group) is 1. The summed E-state index contributed by atoms with van der Waals surface area (Å²) in [6.07, 6.45) is -4.37. The quantitative estimate of drug-likeness (QED) is 0.292. The molecule has 15 heteroatoms. The molecule has 4 aliphatic rings. The number of aromatic nitrogens is 1. The maximum atomic E-state index is 14.3. The van der Waals surface area contributed by atoms with Crippen LogP contribution in [0.5, 0.6) is 0 Å². The molecule has 58 heavy (non-hydrogen) atoms. The average molecular weight is 823 g/mol. The van der Waals surface area contributed by atoms with Crippen molar-refractivity contribution >= 4 is 11.8 Å². The summed E-state index contributed by atoms with van der Waals surface area (Å²) in [5.41, 5.74) is -3.14. The van der Waals surface area contributed by atoms with Gasteiger partial charge in [0.2, 0.25) is 0 Å². The van der Waals surface area contributed by atoms with Gasteiger partial charge in [0.1, 0.15) is 29.7 Å². The molecule has 1 unspecified atom stereocenters. The second kappa shape index (κ2) is 18.4. The number of ether oxygens (including phenoxy) is 8. The van der Waals surface area contributed by atoms with E-state index in [2.05, 4.69) is 9.88 Å². The first-order valence-electron chi connectivity index (χ1n) is 20.8. The van der Waals surface area contributed by atoms with Crippen LogP contribution in [-0.2, 0) is 54.1 Å². The summed E-state index contributed by atoms with van der Waals surface area (Å²) in [7, 11) is 7.05. The number of Topliss-reactive ketones (excluding diaryl/α,β-unsaturated/α-hetero) is 1. The van der Waals surface area contributed by atoms with Crippen LogP contribution in [0.2, 0.25) is 0 Å². The average Bonchev–Trinajstić information content (AvgIpc) is 3.72. The van der Waals surface area contributed by atoms with E-state index in [-0.39, 0.29) is 37.4 Å². The normalized spacial score (nSPS) is 46.9. The molecule has 4 fully saturated rings. The second-order valence-corrected chi connectivity index (χ2v) is 18.2. The van der Waals surface area contributed by atoms with Gasteiger partial charge in [-0.15, -0.1) is 0 Å². The van der Waals surface area contributed by atoms with Crippen molar-refractivity contribution in [2.45, 2.75) is 172 Å². The van der Waals surface area contributed by atoms with Crippen molar-refractivity contribution in [1.82, 2.24) is 9.88 Å². The van der Waals surface area contributed by atoms with Crippen LogP contribution < -0.4 is 0 Å². The first-order chi connectivity index (χ1) is 27.1. The van der Waals surface area contributed by atoms with Crippen LogP contribution in [0.15, 0.2) is 24.5 Å². The van der Waals surface area contributed by atoms with Gasteiger partial charge in [0.05, 0.1) is 54.2 Å². The molecule has 3 aliphatic heterocycles. The molecule has 4 heterocycles. The molecule has 0 amide bonds.